The highest BCUT2D eigenvalue weighted by molar-refractivity contribution is 6.06. The van der Waals surface area contributed by atoms with Crippen molar-refractivity contribution in [3.05, 3.63) is 64.2 Å². The maximum absolute atomic E-state index is 13.0. The van der Waals surface area contributed by atoms with Crippen LogP contribution in [-0.2, 0) is 0 Å². The summed E-state index contributed by atoms with van der Waals surface area (Å²) in [6.45, 7) is 8.44. The van der Waals surface area contributed by atoms with Crippen LogP contribution < -0.4 is 4.90 Å². The average molecular weight is 306 g/mol. The molecule has 0 radical (unpaired) electrons. The number of hydrogen-bond acceptors (Lipinski definition) is 2. The third-order valence-electron chi connectivity index (χ3n) is 3.96. The van der Waals surface area contributed by atoms with E-state index in [9.17, 15) is 4.79 Å². The van der Waals surface area contributed by atoms with E-state index in [0.29, 0.717) is 18.5 Å². The summed E-state index contributed by atoms with van der Waals surface area (Å²) in [4.78, 5) is 14.7. The van der Waals surface area contributed by atoms with Crippen molar-refractivity contribution in [3.8, 4) is 6.07 Å². The standard InChI is InChI=1S/C20H22N2O/c1-14-10-15(2)12-18(11-14)20(23)22(9-5-8-21)19-7-6-16(3)17(4)13-19/h6-7,10-13H,5,9H2,1-4H3. The van der Waals surface area contributed by atoms with Gasteiger partial charge in [0, 0.05) is 17.8 Å². The zero-order valence-electron chi connectivity index (χ0n) is 14.2. The van der Waals surface area contributed by atoms with E-state index in [2.05, 4.69) is 6.07 Å². The van der Waals surface area contributed by atoms with Crippen molar-refractivity contribution in [1.29, 1.82) is 5.26 Å². The molecule has 0 N–H and O–H groups in total. The molecule has 2 aromatic rings. The largest absolute Gasteiger partial charge is 0.307 e. The van der Waals surface area contributed by atoms with Gasteiger partial charge in [0.2, 0.25) is 0 Å². The van der Waals surface area contributed by atoms with Crippen molar-refractivity contribution in [3.63, 3.8) is 0 Å². The molecule has 2 aromatic carbocycles. The summed E-state index contributed by atoms with van der Waals surface area (Å²) in [5.74, 6) is -0.0599. The predicted molar refractivity (Wildman–Crippen MR) is 93.7 cm³/mol. The van der Waals surface area contributed by atoms with Gasteiger partial charge in [-0.1, -0.05) is 23.3 Å². The lowest BCUT2D eigenvalue weighted by Gasteiger charge is -2.23. The number of carbonyl (C=O) groups is 1. The molecule has 0 saturated heterocycles. The Bertz CT molecular complexity index is 751. The summed E-state index contributed by atoms with van der Waals surface area (Å²) in [6, 6.07) is 13.9. The SMILES string of the molecule is Cc1cc(C)cc(C(=O)N(CCC#N)c2ccc(C)c(C)c2)c1. The van der Waals surface area contributed by atoms with Crippen LogP contribution in [-0.4, -0.2) is 12.5 Å². The van der Waals surface area contributed by atoms with E-state index in [-0.39, 0.29) is 5.91 Å². The molecule has 0 aliphatic rings. The highest BCUT2D eigenvalue weighted by Gasteiger charge is 2.18. The molecule has 3 heteroatoms. The highest BCUT2D eigenvalue weighted by atomic mass is 16.2. The molecular formula is C20H22N2O. The van der Waals surface area contributed by atoms with E-state index in [1.165, 1.54) is 5.56 Å². The lowest BCUT2D eigenvalue weighted by atomic mass is 10.0. The molecule has 2 rings (SSSR count). The van der Waals surface area contributed by atoms with E-state index in [4.69, 9.17) is 5.26 Å². The Hall–Kier alpha value is -2.60. The van der Waals surface area contributed by atoms with E-state index in [1.807, 2.05) is 64.1 Å². The number of nitrogens with zero attached hydrogens (tertiary/aromatic N) is 2. The third-order valence-corrected chi connectivity index (χ3v) is 3.96. The monoisotopic (exact) mass is 306 g/mol. The second-order valence-corrected chi connectivity index (χ2v) is 6.01. The van der Waals surface area contributed by atoms with Crippen LogP contribution in [0.4, 0.5) is 5.69 Å². The van der Waals surface area contributed by atoms with Crippen LogP contribution in [0.15, 0.2) is 36.4 Å². The second-order valence-electron chi connectivity index (χ2n) is 6.01. The highest BCUT2D eigenvalue weighted by Crippen LogP contribution is 2.22. The van der Waals surface area contributed by atoms with Gasteiger partial charge in [-0.3, -0.25) is 4.79 Å². The van der Waals surface area contributed by atoms with Gasteiger partial charge in [0.05, 0.1) is 12.5 Å². The quantitative estimate of drug-likeness (QED) is 0.836. The van der Waals surface area contributed by atoms with Crippen LogP contribution in [0.5, 0.6) is 0 Å². The molecular weight excluding hydrogens is 284 g/mol. The van der Waals surface area contributed by atoms with E-state index < -0.39 is 0 Å². The molecule has 0 bridgehead atoms. The lowest BCUT2D eigenvalue weighted by molar-refractivity contribution is 0.0987. The zero-order valence-corrected chi connectivity index (χ0v) is 14.2. The van der Waals surface area contributed by atoms with Crippen LogP contribution in [0, 0.1) is 39.0 Å². The molecule has 1 amide bonds. The molecule has 0 heterocycles. The fraction of sp³-hybridized carbons (Fsp3) is 0.300. The Kier molecular flexibility index (Phi) is 5.18. The van der Waals surface area contributed by atoms with E-state index >= 15 is 0 Å². The minimum Gasteiger partial charge on any atom is -0.307 e. The van der Waals surface area contributed by atoms with Gasteiger partial charge >= 0.3 is 0 Å². The summed E-state index contributed by atoms with van der Waals surface area (Å²) < 4.78 is 0. The van der Waals surface area contributed by atoms with Gasteiger partial charge in [0.25, 0.3) is 5.91 Å². The minimum absolute atomic E-state index is 0.0599. The number of anilines is 1. The van der Waals surface area contributed by atoms with Crippen molar-refractivity contribution < 1.29 is 4.79 Å². The third kappa shape index (κ3) is 3.98. The molecule has 0 aliphatic carbocycles. The van der Waals surface area contributed by atoms with Crippen molar-refractivity contribution in [2.75, 3.05) is 11.4 Å². The van der Waals surface area contributed by atoms with Crippen molar-refractivity contribution in [2.45, 2.75) is 34.1 Å². The Labute approximate surface area is 138 Å². The molecule has 118 valence electrons. The maximum Gasteiger partial charge on any atom is 0.258 e. The van der Waals surface area contributed by atoms with Gasteiger partial charge < -0.3 is 4.90 Å². The molecule has 3 nitrogen and oxygen atoms in total. The van der Waals surface area contributed by atoms with E-state index in [1.54, 1.807) is 4.90 Å². The summed E-state index contributed by atoms with van der Waals surface area (Å²) in [5, 5.41) is 8.91. The average Bonchev–Trinajstić information content (AvgIpc) is 2.49. The van der Waals surface area contributed by atoms with Crippen molar-refractivity contribution >= 4 is 11.6 Å². The lowest BCUT2D eigenvalue weighted by Crippen LogP contribution is -2.32. The fourth-order valence-electron chi connectivity index (χ4n) is 2.66. The minimum atomic E-state index is -0.0599. The van der Waals surface area contributed by atoms with Crippen LogP contribution in [0.25, 0.3) is 0 Å². The van der Waals surface area contributed by atoms with Gasteiger partial charge in [-0.25, -0.2) is 0 Å². The zero-order chi connectivity index (χ0) is 17.0. The second kappa shape index (κ2) is 7.11. The normalized spacial score (nSPS) is 10.2. The molecule has 0 spiro atoms. The van der Waals surface area contributed by atoms with Crippen LogP contribution in [0.1, 0.15) is 39.0 Å². The van der Waals surface area contributed by atoms with Gasteiger partial charge in [-0.05, 0) is 63.1 Å². The summed E-state index contributed by atoms with van der Waals surface area (Å²) >= 11 is 0. The fourth-order valence-corrected chi connectivity index (χ4v) is 2.66. The van der Waals surface area contributed by atoms with Crippen molar-refractivity contribution in [1.82, 2.24) is 0 Å². The smallest absolute Gasteiger partial charge is 0.258 e. The molecule has 0 unspecified atom stereocenters. The molecule has 0 aromatic heterocycles. The van der Waals surface area contributed by atoms with Gasteiger partial charge in [-0.2, -0.15) is 5.26 Å². The Morgan fingerprint density at radius 2 is 1.65 bits per heavy atom. The Morgan fingerprint density at radius 3 is 2.22 bits per heavy atom. The number of amides is 1. The summed E-state index contributed by atoms with van der Waals surface area (Å²) in [7, 11) is 0. The first-order chi connectivity index (χ1) is 10.9. The topological polar surface area (TPSA) is 44.1 Å². The van der Waals surface area contributed by atoms with Gasteiger partial charge in [0.1, 0.15) is 0 Å². The number of benzene rings is 2. The number of aryl methyl sites for hydroxylation is 4. The van der Waals surface area contributed by atoms with Crippen molar-refractivity contribution in [2.24, 2.45) is 0 Å². The first-order valence-electron chi connectivity index (χ1n) is 7.76. The molecule has 0 aliphatic heterocycles. The number of rotatable bonds is 4. The first-order valence-corrected chi connectivity index (χ1v) is 7.76. The first kappa shape index (κ1) is 16.8. The van der Waals surface area contributed by atoms with Gasteiger partial charge in [0.15, 0.2) is 0 Å². The molecule has 0 saturated carbocycles. The number of carbonyl (C=O) groups excluding carboxylic acids is 1. The Balaban J connectivity index is 2.43. The molecule has 23 heavy (non-hydrogen) atoms. The number of hydrogen-bond donors (Lipinski definition) is 0. The van der Waals surface area contributed by atoms with E-state index in [0.717, 1.165) is 22.4 Å². The molecule has 0 atom stereocenters. The van der Waals surface area contributed by atoms with Crippen LogP contribution >= 0.6 is 0 Å². The summed E-state index contributed by atoms with van der Waals surface area (Å²) in [6.07, 6.45) is 0.309. The van der Waals surface area contributed by atoms with Crippen LogP contribution in [0.2, 0.25) is 0 Å². The van der Waals surface area contributed by atoms with Crippen LogP contribution in [0.3, 0.4) is 0 Å². The predicted octanol–water partition coefficient (Wildman–Crippen LogP) is 4.48. The molecule has 0 fully saturated rings. The van der Waals surface area contributed by atoms with Gasteiger partial charge in [-0.15, -0.1) is 0 Å². The Morgan fingerprint density at radius 1 is 1.00 bits per heavy atom. The maximum atomic E-state index is 13.0. The number of nitriles is 1. The summed E-state index contributed by atoms with van der Waals surface area (Å²) in [5.41, 5.74) is 5.96.